The number of benzene rings is 1. The zero-order chi connectivity index (χ0) is 17.9. The highest BCUT2D eigenvalue weighted by atomic mass is 16.5. The number of ether oxygens (including phenoxy) is 1. The van der Waals surface area contributed by atoms with Crippen molar-refractivity contribution in [2.24, 2.45) is 0 Å². The van der Waals surface area contributed by atoms with Gasteiger partial charge in [0.05, 0.1) is 18.5 Å². The van der Waals surface area contributed by atoms with Gasteiger partial charge in [-0.25, -0.2) is 4.98 Å². The lowest BCUT2D eigenvalue weighted by molar-refractivity contribution is 0.0754. The van der Waals surface area contributed by atoms with Gasteiger partial charge in [0, 0.05) is 45.3 Å². The van der Waals surface area contributed by atoms with Crippen LogP contribution in [-0.2, 0) is 13.0 Å². The lowest BCUT2D eigenvalue weighted by Crippen LogP contribution is -2.35. The molecule has 2 aliphatic heterocycles. The minimum absolute atomic E-state index is 0.0194. The third-order valence-electron chi connectivity index (χ3n) is 5.04. The SMILES string of the molecule is Cc1cnc(C(=O)N2CCCN(Cc3ccc4c(c3)CCO4)CC2)cn1. The molecule has 0 spiro atoms. The Labute approximate surface area is 153 Å². The molecule has 3 heterocycles. The fraction of sp³-hybridized carbons (Fsp3) is 0.450. The first kappa shape index (κ1) is 17.0. The zero-order valence-electron chi connectivity index (χ0n) is 15.1. The summed E-state index contributed by atoms with van der Waals surface area (Å²) in [5, 5.41) is 0. The molecule has 136 valence electrons. The molecule has 2 aliphatic rings. The second-order valence-electron chi connectivity index (χ2n) is 7.01. The monoisotopic (exact) mass is 352 g/mol. The van der Waals surface area contributed by atoms with E-state index in [1.165, 1.54) is 11.1 Å². The Morgan fingerprint density at radius 2 is 2.08 bits per heavy atom. The van der Waals surface area contributed by atoms with E-state index < -0.39 is 0 Å². The Hall–Kier alpha value is -2.47. The van der Waals surface area contributed by atoms with Crippen LogP contribution in [0.25, 0.3) is 0 Å². The van der Waals surface area contributed by atoms with Crippen LogP contribution in [0.15, 0.2) is 30.6 Å². The van der Waals surface area contributed by atoms with Crippen LogP contribution < -0.4 is 4.74 Å². The standard InChI is InChI=1S/C20H24N4O2/c1-15-12-22-18(13-21-15)20(25)24-7-2-6-23(8-9-24)14-16-3-4-19-17(11-16)5-10-26-19/h3-4,11-13H,2,5-10,14H2,1H3. The highest BCUT2D eigenvalue weighted by Crippen LogP contribution is 2.26. The van der Waals surface area contributed by atoms with Crippen molar-refractivity contribution in [1.82, 2.24) is 19.8 Å². The van der Waals surface area contributed by atoms with Gasteiger partial charge in [-0.15, -0.1) is 0 Å². The Morgan fingerprint density at radius 1 is 1.15 bits per heavy atom. The molecule has 0 saturated carbocycles. The van der Waals surface area contributed by atoms with E-state index in [1.54, 1.807) is 12.4 Å². The molecule has 0 aliphatic carbocycles. The van der Waals surface area contributed by atoms with Gasteiger partial charge < -0.3 is 9.64 Å². The summed E-state index contributed by atoms with van der Waals surface area (Å²) in [6.45, 7) is 6.94. The number of amides is 1. The van der Waals surface area contributed by atoms with Crippen LogP contribution in [0.4, 0.5) is 0 Å². The maximum absolute atomic E-state index is 12.6. The van der Waals surface area contributed by atoms with Crippen LogP contribution in [0, 0.1) is 6.92 Å². The summed E-state index contributed by atoms with van der Waals surface area (Å²) in [5.41, 5.74) is 3.89. The molecule has 1 saturated heterocycles. The Bertz CT molecular complexity index is 791. The maximum atomic E-state index is 12.6. The maximum Gasteiger partial charge on any atom is 0.274 e. The van der Waals surface area contributed by atoms with Crippen LogP contribution in [0.5, 0.6) is 5.75 Å². The Balaban J connectivity index is 1.37. The van der Waals surface area contributed by atoms with Crippen LogP contribution in [0.3, 0.4) is 0 Å². The van der Waals surface area contributed by atoms with Crippen LogP contribution in [-0.4, -0.2) is 58.5 Å². The van der Waals surface area contributed by atoms with E-state index in [0.717, 1.165) is 63.6 Å². The van der Waals surface area contributed by atoms with Gasteiger partial charge in [-0.3, -0.25) is 14.7 Å². The molecule has 2 aromatic rings. The van der Waals surface area contributed by atoms with Crippen LogP contribution >= 0.6 is 0 Å². The minimum atomic E-state index is -0.0194. The third kappa shape index (κ3) is 3.70. The molecule has 1 aromatic carbocycles. The van der Waals surface area contributed by atoms with Crippen molar-refractivity contribution >= 4 is 5.91 Å². The van der Waals surface area contributed by atoms with E-state index in [2.05, 4.69) is 33.1 Å². The van der Waals surface area contributed by atoms with Crippen molar-refractivity contribution in [2.45, 2.75) is 26.3 Å². The van der Waals surface area contributed by atoms with Gasteiger partial charge in [-0.2, -0.15) is 0 Å². The summed E-state index contributed by atoms with van der Waals surface area (Å²) in [7, 11) is 0. The molecular weight excluding hydrogens is 328 g/mol. The highest BCUT2D eigenvalue weighted by molar-refractivity contribution is 5.92. The number of hydrogen-bond donors (Lipinski definition) is 0. The smallest absolute Gasteiger partial charge is 0.274 e. The zero-order valence-corrected chi connectivity index (χ0v) is 15.1. The molecule has 4 rings (SSSR count). The van der Waals surface area contributed by atoms with Crippen LogP contribution in [0.2, 0.25) is 0 Å². The van der Waals surface area contributed by atoms with Crippen molar-refractivity contribution in [3.05, 3.63) is 53.1 Å². The van der Waals surface area contributed by atoms with Gasteiger partial charge in [-0.1, -0.05) is 12.1 Å². The molecule has 0 N–H and O–H groups in total. The predicted molar refractivity (Wildman–Crippen MR) is 98.2 cm³/mol. The van der Waals surface area contributed by atoms with Gasteiger partial charge in [0.2, 0.25) is 0 Å². The quantitative estimate of drug-likeness (QED) is 0.846. The molecule has 0 unspecified atom stereocenters. The molecule has 0 bridgehead atoms. The summed E-state index contributed by atoms with van der Waals surface area (Å²) in [4.78, 5) is 25.4. The average molecular weight is 352 g/mol. The molecule has 6 nitrogen and oxygen atoms in total. The molecule has 26 heavy (non-hydrogen) atoms. The van der Waals surface area contributed by atoms with Crippen molar-refractivity contribution in [3.8, 4) is 5.75 Å². The number of aromatic nitrogens is 2. The summed E-state index contributed by atoms with van der Waals surface area (Å²) < 4.78 is 5.58. The van der Waals surface area contributed by atoms with Crippen molar-refractivity contribution in [2.75, 3.05) is 32.8 Å². The highest BCUT2D eigenvalue weighted by Gasteiger charge is 2.22. The first-order valence-corrected chi connectivity index (χ1v) is 9.24. The van der Waals surface area contributed by atoms with Gasteiger partial charge in [0.15, 0.2) is 0 Å². The van der Waals surface area contributed by atoms with Crippen molar-refractivity contribution in [1.29, 1.82) is 0 Å². The van der Waals surface area contributed by atoms with Crippen molar-refractivity contribution in [3.63, 3.8) is 0 Å². The molecule has 1 amide bonds. The second kappa shape index (κ2) is 7.41. The van der Waals surface area contributed by atoms with E-state index in [-0.39, 0.29) is 5.91 Å². The summed E-state index contributed by atoms with van der Waals surface area (Å²) in [5.74, 6) is 1.01. The number of rotatable bonds is 3. The Kier molecular flexibility index (Phi) is 4.84. The lowest BCUT2D eigenvalue weighted by atomic mass is 10.1. The number of nitrogens with zero attached hydrogens (tertiary/aromatic N) is 4. The van der Waals surface area contributed by atoms with Crippen LogP contribution in [0.1, 0.15) is 33.7 Å². The predicted octanol–water partition coefficient (Wildman–Crippen LogP) is 2.07. The van der Waals surface area contributed by atoms with E-state index in [4.69, 9.17) is 4.74 Å². The minimum Gasteiger partial charge on any atom is -0.493 e. The number of hydrogen-bond acceptors (Lipinski definition) is 5. The number of carbonyl (C=O) groups excluding carboxylic acids is 1. The summed E-state index contributed by atoms with van der Waals surface area (Å²) in [6, 6.07) is 6.50. The van der Waals surface area contributed by atoms with E-state index in [1.807, 2.05) is 11.8 Å². The number of carbonyl (C=O) groups is 1. The fourth-order valence-corrected chi connectivity index (χ4v) is 3.59. The molecule has 0 atom stereocenters. The average Bonchev–Trinajstić information content (AvgIpc) is 2.99. The van der Waals surface area contributed by atoms with Gasteiger partial charge in [-0.05, 0) is 30.5 Å². The summed E-state index contributed by atoms with van der Waals surface area (Å²) in [6.07, 6.45) is 5.20. The van der Waals surface area contributed by atoms with E-state index >= 15 is 0 Å². The molecule has 0 radical (unpaired) electrons. The molecular formula is C20H24N4O2. The van der Waals surface area contributed by atoms with Gasteiger partial charge in [0.25, 0.3) is 5.91 Å². The third-order valence-corrected chi connectivity index (χ3v) is 5.04. The molecule has 1 fully saturated rings. The first-order valence-electron chi connectivity index (χ1n) is 9.24. The largest absolute Gasteiger partial charge is 0.493 e. The molecule has 1 aromatic heterocycles. The normalized spacial score (nSPS) is 17.5. The van der Waals surface area contributed by atoms with E-state index in [9.17, 15) is 4.79 Å². The topological polar surface area (TPSA) is 58.6 Å². The second-order valence-corrected chi connectivity index (χ2v) is 7.01. The van der Waals surface area contributed by atoms with Gasteiger partial charge in [0.1, 0.15) is 11.4 Å². The number of fused-ring (bicyclic) bond motifs is 1. The molecule has 6 heteroatoms. The lowest BCUT2D eigenvalue weighted by Gasteiger charge is -2.22. The first-order chi connectivity index (χ1) is 12.7. The summed E-state index contributed by atoms with van der Waals surface area (Å²) >= 11 is 0. The van der Waals surface area contributed by atoms with E-state index in [0.29, 0.717) is 5.69 Å². The fourth-order valence-electron chi connectivity index (χ4n) is 3.59. The van der Waals surface area contributed by atoms with Crippen molar-refractivity contribution < 1.29 is 9.53 Å². The van der Waals surface area contributed by atoms with Gasteiger partial charge >= 0.3 is 0 Å². The number of aryl methyl sites for hydroxylation is 1. The Morgan fingerprint density at radius 3 is 2.92 bits per heavy atom.